The van der Waals surface area contributed by atoms with E-state index in [1.54, 1.807) is 0 Å². The number of benzene rings is 1. The fourth-order valence-electron chi connectivity index (χ4n) is 2.25. The normalized spacial score (nSPS) is 24.4. The van der Waals surface area contributed by atoms with E-state index in [1.165, 1.54) is 0 Å². The average Bonchev–Trinajstić information content (AvgIpc) is 2.74. The smallest absolute Gasteiger partial charge is 0.253 e. The molecule has 1 heterocycles. The van der Waals surface area contributed by atoms with E-state index in [4.69, 9.17) is 0 Å². The van der Waals surface area contributed by atoms with Gasteiger partial charge in [-0.15, -0.1) is 0 Å². The Morgan fingerprint density at radius 2 is 1.94 bits per heavy atom. The summed E-state index contributed by atoms with van der Waals surface area (Å²) in [7, 11) is 4.16. The molecule has 1 saturated heterocycles. The van der Waals surface area contributed by atoms with Crippen LogP contribution in [0.4, 0.5) is 0 Å². The topological polar surface area (TPSA) is 23.6 Å². The summed E-state index contributed by atoms with van der Waals surface area (Å²) >= 11 is 0. The Morgan fingerprint density at radius 1 is 1.29 bits per heavy atom. The number of hydrogen-bond donors (Lipinski definition) is 0. The molecular weight excluding hydrogens is 212 g/mol. The molecule has 3 nitrogen and oxygen atoms in total. The molecule has 0 bridgehead atoms. The minimum atomic E-state index is 0.116. The summed E-state index contributed by atoms with van der Waals surface area (Å²) in [6, 6.07) is 9.52. The maximum Gasteiger partial charge on any atom is 0.253 e. The lowest BCUT2D eigenvalue weighted by molar-refractivity contribution is 0.0760. The molecule has 1 fully saturated rings. The predicted molar refractivity (Wildman–Crippen MR) is 69.1 cm³/mol. The van der Waals surface area contributed by atoms with Crippen molar-refractivity contribution in [3.05, 3.63) is 35.9 Å². The molecule has 0 saturated carbocycles. The van der Waals surface area contributed by atoms with Gasteiger partial charge in [0.2, 0.25) is 0 Å². The highest BCUT2D eigenvalue weighted by atomic mass is 16.2. The number of likely N-dealkylation sites (tertiary alicyclic amines) is 1. The molecule has 1 aliphatic rings. The van der Waals surface area contributed by atoms with Gasteiger partial charge in [-0.2, -0.15) is 0 Å². The molecule has 0 aromatic heterocycles. The van der Waals surface area contributed by atoms with Gasteiger partial charge in [-0.1, -0.05) is 18.2 Å². The van der Waals surface area contributed by atoms with Crippen molar-refractivity contribution >= 4 is 5.91 Å². The Kier molecular flexibility index (Phi) is 3.20. The van der Waals surface area contributed by atoms with Crippen molar-refractivity contribution in [3.63, 3.8) is 0 Å². The van der Waals surface area contributed by atoms with Crippen molar-refractivity contribution in [1.29, 1.82) is 0 Å². The molecular formula is C14H20N2O. The highest BCUT2D eigenvalue weighted by Gasteiger charge is 2.37. The Bertz CT molecular complexity index is 402. The van der Waals surface area contributed by atoms with E-state index in [1.807, 2.05) is 35.2 Å². The van der Waals surface area contributed by atoms with Gasteiger partial charge in [0.25, 0.3) is 5.91 Å². The van der Waals surface area contributed by atoms with E-state index >= 15 is 0 Å². The lowest BCUT2D eigenvalue weighted by atomic mass is 10.0. The lowest BCUT2D eigenvalue weighted by Gasteiger charge is -2.32. The summed E-state index contributed by atoms with van der Waals surface area (Å²) < 4.78 is 0. The summed E-state index contributed by atoms with van der Waals surface area (Å²) in [6.07, 6.45) is 1.04. The van der Waals surface area contributed by atoms with Crippen molar-refractivity contribution in [2.24, 2.45) is 0 Å². The number of hydrogen-bond acceptors (Lipinski definition) is 2. The largest absolute Gasteiger partial charge is 0.337 e. The Hall–Kier alpha value is -1.35. The van der Waals surface area contributed by atoms with E-state index < -0.39 is 0 Å². The zero-order valence-electron chi connectivity index (χ0n) is 10.8. The van der Waals surface area contributed by atoms with E-state index in [0.717, 1.165) is 25.1 Å². The van der Waals surface area contributed by atoms with Crippen molar-refractivity contribution in [2.45, 2.75) is 18.9 Å². The van der Waals surface area contributed by atoms with Crippen LogP contribution >= 0.6 is 0 Å². The van der Waals surface area contributed by atoms with Gasteiger partial charge in [-0.05, 0) is 39.6 Å². The van der Waals surface area contributed by atoms with Gasteiger partial charge in [-0.3, -0.25) is 4.79 Å². The Balaban J connectivity index is 2.09. The molecule has 0 aliphatic carbocycles. The van der Waals surface area contributed by atoms with Crippen molar-refractivity contribution in [2.75, 3.05) is 27.2 Å². The van der Waals surface area contributed by atoms with E-state index in [2.05, 4.69) is 25.9 Å². The summed E-state index contributed by atoms with van der Waals surface area (Å²) in [5, 5.41) is 0. The van der Waals surface area contributed by atoms with Crippen LogP contribution in [0, 0.1) is 0 Å². The van der Waals surface area contributed by atoms with Gasteiger partial charge >= 0.3 is 0 Å². The molecule has 1 atom stereocenters. The zero-order chi connectivity index (χ0) is 12.5. The zero-order valence-corrected chi connectivity index (χ0v) is 10.8. The van der Waals surface area contributed by atoms with E-state index in [-0.39, 0.29) is 11.4 Å². The minimum Gasteiger partial charge on any atom is -0.337 e. The summed E-state index contributed by atoms with van der Waals surface area (Å²) in [6.45, 7) is 3.88. The molecule has 1 aromatic carbocycles. The third kappa shape index (κ3) is 2.34. The minimum absolute atomic E-state index is 0.116. The number of carbonyl (C=O) groups is 1. The first-order chi connectivity index (χ1) is 8.03. The van der Waals surface area contributed by atoms with Crippen LogP contribution in [0.3, 0.4) is 0 Å². The number of likely N-dealkylation sites (N-methyl/N-ethyl adjacent to an activating group) is 1. The highest BCUT2D eigenvalue weighted by molar-refractivity contribution is 5.94. The molecule has 0 N–H and O–H groups in total. The monoisotopic (exact) mass is 232 g/mol. The highest BCUT2D eigenvalue weighted by Crippen LogP contribution is 2.26. The molecule has 17 heavy (non-hydrogen) atoms. The van der Waals surface area contributed by atoms with Crippen LogP contribution < -0.4 is 0 Å². The van der Waals surface area contributed by atoms with Crippen LogP contribution in [-0.4, -0.2) is 48.4 Å². The summed E-state index contributed by atoms with van der Waals surface area (Å²) in [5.74, 6) is 0.149. The molecule has 0 spiro atoms. The Morgan fingerprint density at radius 3 is 2.47 bits per heavy atom. The molecule has 1 unspecified atom stereocenters. The van der Waals surface area contributed by atoms with Crippen molar-refractivity contribution < 1.29 is 4.79 Å². The van der Waals surface area contributed by atoms with Crippen LogP contribution in [0.15, 0.2) is 30.3 Å². The van der Waals surface area contributed by atoms with Gasteiger partial charge in [0.15, 0.2) is 0 Å². The van der Waals surface area contributed by atoms with Crippen LogP contribution in [-0.2, 0) is 0 Å². The van der Waals surface area contributed by atoms with Crippen LogP contribution in [0.5, 0.6) is 0 Å². The quantitative estimate of drug-likeness (QED) is 0.777. The number of carbonyl (C=O) groups excluding carboxylic acids is 1. The SMILES string of the molecule is CN(C)C1(C)CCN(C(=O)c2ccccc2)C1. The number of rotatable bonds is 2. The second-order valence-corrected chi connectivity index (χ2v) is 5.23. The third-order valence-electron chi connectivity index (χ3n) is 3.84. The number of nitrogens with zero attached hydrogens (tertiary/aromatic N) is 2. The number of amides is 1. The molecule has 1 aliphatic heterocycles. The standard InChI is InChI=1S/C14H20N2O/c1-14(15(2)3)9-10-16(11-14)13(17)12-7-5-4-6-8-12/h4-8H,9-11H2,1-3H3. The van der Waals surface area contributed by atoms with Crippen molar-refractivity contribution in [1.82, 2.24) is 9.80 Å². The van der Waals surface area contributed by atoms with Gasteiger partial charge in [0, 0.05) is 24.2 Å². The maximum atomic E-state index is 12.3. The fourth-order valence-corrected chi connectivity index (χ4v) is 2.25. The first-order valence-electron chi connectivity index (χ1n) is 6.05. The van der Waals surface area contributed by atoms with Gasteiger partial charge < -0.3 is 9.80 Å². The molecule has 1 aromatic rings. The fraction of sp³-hybridized carbons (Fsp3) is 0.500. The maximum absolute atomic E-state index is 12.3. The average molecular weight is 232 g/mol. The summed E-state index contributed by atoms with van der Waals surface area (Å²) in [4.78, 5) is 16.4. The molecule has 3 heteroatoms. The Labute approximate surface area is 103 Å². The van der Waals surface area contributed by atoms with Gasteiger partial charge in [0.1, 0.15) is 0 Å². The second kappa shape index (κ2) is 4.49. The second-order valence-electron chi connectivity index (χ2n) is 5.23. The lowest BCUT2D eigenvalue weighted by Crippen LogP contribution is -2.44. The first-order valence-corrected chi connectivity index (χ1v) is 6.05. The van der Waals surface area contributed by atoms with E-state index in [9.17, 15) is 4.79 Å². The van der Waals surface area contributed by atoms with Crippen LogP contribution in [0.25, 0.3) is 0 Å². The molecule has 2 rings (SSSR count). The van der Waals surface area contributed by atoms with Crippen molar-refractivity contribution in [3.8, 4) is 0 Å². The van der Waals surface area contributed by atoms with Crippen LogP contribution in [0.2, 0.25) is 0 Å². The van der Waals surface area contributed by atoms with Gasteiger partial charge in [-0.25, -0.2) is 0 Å². The molecule has 92 valence electrons. The third-order valence-corrected chi connectivity index (χ3v) is 3.84. The van der Waals surface area contributed by atoms with E-state index in [0.29, 0.717) is 0 Å². The van der Waals surface area contributed by atoms with Crippen LogP contribution in [0.1, 0.15) is 23.7 Å². The molecule has 0 radical (unpaired) electrons. The first kappa shape index (κ1) is 12.1. The van der Waals surface area contributed by atoms with Gasteiger partial charge in [0.05, 0.1) is 0 Å². The predicted octanol–water partition coefficient (Wildman–Crippen LogP) is 1.85. The summed E-state index contributed by atoms with van der Waals surface area (Å²) in [5.41, 5.74) is 0.903. The molecule has 1 amide bonds.